The highest BCUT2D eigenvalue weighted by Crippen LogP contribution is 2.34. The Hall–Kier alpha value is -1.97. The minimum absolute atomic E-state index is 0. The Morgan fingerprint density at radius 3 is 2.41 bits per heavy atom. The Kier molecular flexibility index (Phi) is 11.5. The zero-order valence-corrected chi connectivity index (χ0v) is 18.3. The van der Waals surface area contributed by atoms with Gasteiger partial charge in [0, 0.05) is 32.2 Å². The average molecular weight is 438 g/mol. The molecule has 0 unspecified atom stereocenters. The predicted octanol–water partition coefficient (Wildman–Crippen LogP) is 4.37. The van der Waals surface area contributed by atoms with Crippen LogP contribution < -0.4 is 14.8 Å². The van der Waals surface area contributed by atoms with Crippen molar-refractivity contribution in [1.29, 1.82) is 5.26 Å². The first-order valence-electron chi connectivity index (χ1n) is 9.57. The van der Waals surface area contributed by atoms with E-state index in [-0.39, 0.29) is 30.9 Å². The highest BCUT2D eigenvalue weighted by Gasteiger charge is 2.23. The van der Waals surface area contributed by atoms with E-state index in [0.717, 1.165) is 48.8 Å². The first-order valence-corrected chi connectivity index (χ1v) is 9.57. The lowest BCUT2D eigenvalue weighted by atomic mass is 10.0. The summed E-state index contributed by atoms with van der Waals surface area (Å²) in [6.07, 6.45) is 0.468. The second-order valence-corrected chi connectivity index (χ2v) is 6.58. The molecule has 1 saturated heterocycles. The van der Waals surface area contributed by atoms with E-state index in [2.05, 4.69) is 22.4 Å². The van der Waals surface area contributed by atoms with Gasteiger partial charge < -0.3 is 14.8 Å². The molecule has 0 radical (unpaired) electrons. The predicted molar refractivity (Wildman–Crippen MR) is 120 cm³/mol. The molecule has 3 rings (SSSR count). The summed E-state index contributed by atoms with van der Waals surface area (Å²) in [5, 5.41) is 12.7. The number of piperazine rings is 1. The number of nitrogens with zero attached hydrogens (tertiary/aromatic N) is 2. The van der Waals surface area contributed by atoms with Crippen LogP contribution in [0.1, 0.15) is 30.5 Å². The number of rotatable bonds is 8. The maximum absolute atomic E-state index is 9.32. The number of benzene rings is 2. The minimum Gasteiger partial charge on any atom is -0.490 e. The molecule has 158 valence electrons. The largest absolute Gasteiger partial charge is 0.490 e. The highest BCUT2D eigenvalue weighted by molar-refractivity contribution is 5.85. The molecule has 0 amide bonds. The quantitative estimate of drug-likeness (QED) is 0.664. The third-order valence-corrected chi connectivity index (χ3v) is 4.77. The number of halogens is 2. The van der Waals surface area contributed by atoms with E-state index in [9.17, 15) is 5.26 Å². The van der Waals surface area contributed by atoms with Gasteiger partial charge in [0.2, 0.25) is 0 Å². The summed E-state index contributed by atoms with van der Waals surface area (Å²) >= 11 is 0. The van der Waals surface area contributed by atoms with E-state index in [1.807, 2.05) is 49.4 Å². The summed E-state index contributed by atoms with van der Waals surface area (Å²) in [4.78, 5) is 2.37. The molecule has 0 bridgehead atoms. The van der Waals surface area contributed by atoms with Gasteiger partial charge in [0.25, 0.3) is 0 Å². The fraction of sp³-hybridized carbons (Fsp3) is 0.409. The number of hydrogen-bond acceptors (Lipinski definition) is 5. The van der Waals surface area contributed by atoms with Crippen molar-refractivity contribution in [2.75, 3.05) is 32.8 Å². The standard InChI is InChI=1S/C22H27N3O2.2ClH/c1-2-26-22-16-19(20(10-11-23)25-14-12-24-13-15-25)8-9-21(22)27-17-18-6-4-3-5-7-18;;/h3-9,16,20,24H,2,10,12-15,17H2,1H3;2*1H/t20-;;/m0../s1. The van der Waals surface area contributed by atoms with Crippen LogP contribution in [-0.4, -0.2) is 37.7 Å². The monoisotopic (exact) mass is 437 g/mol. The number of ether oxygens (including phenoxy) is 2. The van der Waals surface area contributed by atoms with E-state index in [4.69, 9.17) is 9.47 Å². The van der Waals surface area contributed by atoms with Gasteiger partial charge in [-0.25, -0.2) is 0 Å². The lowest BCUT2D eigenvalue weighted by molar-refractivity contribution is 0.175. The Labute approximate surface area is 185 Å². The lowest BCUT2D eigenvalue weighted by Crippen LogP contribution is -2.45. The van der Waals surface area contributed by atoms with Crippen molar-refractivity contribution in [3.8, 4) is 17.6 Å². The number of hydrogen-bond donors (Lipinski definition) is 1. The van der Waals surface area contributed by atoms with E-state index < -0.39 is 0 Å². The maximum atomic E-state index is 9.32. The van der Waals surface area contributed by atoms with Crippen molar-refractivity contribution in [1.82, 2.24) is 10.2 Å². The van der Waals surface area contributed by atoms with Crippen molar-refractivity contribution in [2.24, 2.45) is 0 Å². The van der Waals surface area contributed by atoms with Gasteiger partial charge in [-0.2, -0.15) is 5.26 Å². The molecule has 7 heteroatoms. The summed E-state index contributed by atoms with van der Waals surface area (Å²) in [5.41, 5.74) is 2.22. The summed E-state index contributed by atoms with van der Waals surface area (Å²) in [6, 6.07) is 18.6. The molecule has 1 atom stereocenters. The Bertz CT molecular complexity index is 762. The molecule has 1 aliphatic rings. The van der Waals surface area contributed by atoms with Gasteiger partial charge in [-0.05, 0) is 30.2 Å². The first kappa shape index (κ1) is 25.1. The fourth-order valence-corrected chi connectivity index (χ4v) is 3.39. The third-order valence-electron chi connectivity index (χ3n) is 4.77. The van der Waals surface area contributed by atoms with Crippen LogP contribution in [-0.2, 0) is 6.61 Å². The molecule has 1 heterocycles. The first-order chi connectivity index (χ1) is 13.3. The fourth-order valence-electron chi connectivity index (χ4n) is 3.39. The molecule has 1 aliphatic heterocycles. The second kappa shape index (κ2) is 13.3. The number of nitriles is 1. The summed E-state index contributed by atoms with van der Waals surface area (Å²) in [5.74, 6) is 1.48. The van der Waals surface area contributed by atoms with Crippen LogP contribution in [0, 0.1) is 11.3 Å². The second-order valence-electron chi connectivity index (χ2n) is 6.58. The molecule has 2 aromatic rings. The van der Waals surface area contributed by atoms with Crippen molar-refractivity contribution in [3.63, 3.8) is 0 Å². The molecule has 1 fully saturated rings. The molecule has 0 aliphatic carbocycles. The van der Waals surface area contributed by atoms with Crippen molar-refractivity contribution < 1.29 is 9.47 Å². The van der Waals surface area contributed by atoms with Crippen LogP contribution in [0.5, 0.6) is 11.5 Å². The Balaban J connectivity index is 0.00000210. The SMILES string of the molecule is CCOc1cc([C@H](CC#N)N2CCNCC2)ccc1OCc1ccccc1.Cl.Cl. The van der Waals surface area contributed by atoms with Crippen molar-refractivity contribution in [2.45, 2.75) is 26.0 Å². The van der Waals surface area contributed by atoms with Gasteiger partial charge in [0.15, 0.2) is 11.5 Å². The molecule has 0 saturated carbocycles. The maximum Gasteiger partial charge on any atom is 0.161 e. The van der Waals surface area contributed by atoms with Crippen molar-refractivity contribution in [3.05, 3.63) is 59.7 Å². The molecule has 29 heavy (non-hydrogen) atoms. The molecular weight excluding hydrogens is 409 g/mol. The molecule has 2 aromatic carbocycles. The van der Waals surface area contributed by atoms with Crippen LogP contribution in [0.2, 0.25) is 0 Å². The van der Waals surface area contributed by atoms with Gasteiger partial charge in [-0.3, -0.25) is 4.90 Å². The smallest absolute Gasteiger partial charge is 0.161 e. The summed E-state index contributed by atoms with van der Waals surface area (Å²) < 4.78 is 11.8. The van der Waals surface area contributed by atoms with Gasteiger partial charge in [0.1, 0.15) is 6.61 Å². The Morgan fingerprint density at radius 1 is 1.03 bits per heavy atom. The summed E-state index contributed by atoms with van der Waals surface area (Å²) in [6.45, 7) is 6.85. The zero-order chi connectivity index (χ0) is 18.9. The lowest BCUT2D eigenvalue weighted by Gasteiger charge is -2.34. The van der Waals surface area contributed by atoms with Crippen LogP contribution in [0.25, 0.3) is 0 Å². The highest BCUT2D eigenvalue weighted by atomic mass is 35.5. The molecule has 1 N–H and O–H groups in total. The molecule has 5 nitrogen and oxygen atoms in total. The van der Waals surface area contributed by atoms with Gasteiger partial charge >= 0.3 is 0 Å². The van der Waals surface area contributed by atoms with Crippen LogP contribution in [0.4, 0.5) is 0 Å². The van der Waals surface area contributed by atoms with Gasteiger partial charge in [-0.15, -0.1) is 24.8 Å². The van der Waals surface area contributed by atoms with Gasteiger partial charge in [-0.1, -0.05) is 36.4 Å². The normalized spacial score (nSPS) is 14.6. The minimum atomic E-state index is 0. The van der Waals surface area contributed by atoms with E-state index in [1.54, 1.807) is 0 Å². The van der Waals surface area contributed by atoms with Crippen molar-refractivity contribution >= 4 is 24.8 Å². The molecule has 0 aromatic heterocycles. The van der Waals surface area contributed by atoms with Crippen LogP contribution in [0.15, 0.2) is 48.5 Å². The topological polar surface area (TPSA) is 57.5 Å². The molecule has 0 spiro atoms. The Morgan fingerprint density at radius 2 is 1.76 bits per heavy atom. The third kappa shape index (κ3) is 7.09. The number of nitrogens with one attached hydrogen (secondary N) is 1. The summed E-state index contributed by atoms with van der Waals surface area (Å²) in [7, 11) is 0. The van der Waals surface area contributed by atoms with Gasteiger partial charge in [0.05, 0.1) is 19.1 Å². The van der Waals surface area contributed by atoms with E-state index >= 15 is 0 Å². The average Bonchev–Trinajstić information content (AvgIpc) is 2.73. The van der Waals surface area contributed by atoms with E-state index in [1.165, 1.54) is 0 Å². The molecular formula is C22H29Cl2N3O2. The van der Waals surface area contributed by atoms with E-state index in [0.29, 0.717) is 19.6 Å². The zero-order valence-electron chi connectivity index (χ0n) is 16.7. The van der Waals surface area contributed by atoms with Crippen LogP contribution in [0.3, 0.4) is 0 Å². The van der Waals surface area contributed by atoms with Crippen LogP contribution >= 0.6 is 24.8 Å².